The minimum atomic E-state index is -0.552. The van der Waals surface area contributed by atoms with Gasteiger partial charge in [-0.2, -0.15) is 0 Å². The summed E-state index contributed by atoms with van der Waals surface area (Å²) >= 11 is 0. The number of carbonyl (C=O) groups is 1. The predicted molar refractivity (Wildman–Crippen MR) is 66.6 cm³/mol. The van der Waals surface area contributed by atoms with Crippen LogP contribution in [0.3, 0.4) is 0 Å². The summed E-state index contributed by atoms with van der Waals surface area (Å²) in [5.41, 5.74) is 6.76. The molecule has 3 N–H and O–H groups in total. The van der Waals surface area contributed by atoms with Crippen LogP contribution in [0, 0.1) is 0 Å². The molecule has 1 aliphatic heterocycles. The first kappa shape index (κ1) is 11.9. The van der Waals surface area contributed by atoms with Crippen molar-refractivity contribution in [2.45, 2.75) is 25.3 Å². The minimum Gasteiger partial charge on any atom is -0.399 e. The van der Waals surface area contributed by atoms with E-state index in [9.17, 15) is 4.79 Å². The molecule has 4 nitrogen and oxygen atoms in total. The molecule has 0 saturated carbocycles. The zero-order chi connectivity index (χ0) is 12.5. The van der Waals surface area contributed by atoms with E-state index < -0.39 is 5.41 Å². The smallest absolute Gasteiger partial charge is 0.230 e. The van der Waals surface area contributed by atoms with E-state index in [4.69, 9.17) is 10.5 Å². The van der Waals surface area contributed by atoms with Gasteiger partial charge in [-0.25, -0.2) is 0 Å². The van der Waals surface area contributed by atoms with Crippen LogP contribution in [-0.2, 0) is 14.9 Å². The first-order valence-corrected chi connectivity index (χ1v) is 5.75. The number of ether oxygens (including phenoxy) is 1. The Hall–Kier alpha value is -1.55. The summed E-state index contributed by atoms with van der Waals surface area (Å²) in [7, 11) is 0. The highest BCUT2D eigenvalue weighted by atomic mass is 16.5. The molecule has 0 aliphatic carbocycles. The van der Waals surface area contributed by atoms with Gasteiger partial charge in [0.05, 0.1) is 24.7 Å². The molecule has 1 aromatic carbocycles. The van der Waals surface area contributed by atoms with Crippen molar-refractivity contribution in [1.29, 1.82) is 0 Å². The molecule has 0 aromatic heterocycles. The lowest BCUT2D eigenvalue weighted by atomic mass is 9.83. The summed E-state index contributed by atoms with van der Waals surface area (Å²) in [4.78, 5) is 12.2. The minimum absolute atomic E-state index is 0.0237. The third-order valence-corrected chi connectivity index (χ3v) is 3.17. The summed E-state index contributed by atoms with van der Waals surface area (Å²) in [5.74, 6) is 0.0237. The van der Waals surface area contributed by atoms with Gasteiger partial charge in [-0.1, -0.05) is 12.1 Å². The topological polar surface area (TPSA) is 64.3 Å². The molecular formula is C13H18N2O2. The Balaban J connectivity index is 2.10. The van der Waals surface area contributed by atoms with Crippen molar-refractivity contribution in [3.05, 3.63) is 29.8 Å². The third kappa shape index (κ3) is 2.42. The normalized spacial score (nSPS) is 16.4. The summed E-state index contributed by atoms with van der Waals surface area (Å²) < 4.78 is 5.04. The van der Waals surface area contributed by atoms with E-state index in [2.05, 4.69) is 5.32 Å². The van der Waals surface area contributed by atoms with Crippen molar-refractivity contribution in [2.75, 3.05) is 18.9 Å². The van der Waals surface area contributed by atoms with E-state index in [1.165, 1.54) is 0 Å². The number of carbonyl (C=O) groups excluding carboxylic acids is 1. The maximum Gasteiger partial charge on any atom is 0.230 e. The Morgan fingerprint density at radius 3 is 2.41 bits per heavy atom. The van der Waals surface area contributed by atoms with E-state index >= 15 is 0 Å². The fourth-order valence-corrected chi connectivity index (χ4v) is 1.72. The largest absolute Gasteiger partial charge is 0.399 e. The van der Waals surface area contributed by atoms with Crippen LogP contribution < -0.4 is 11.1 Å². The van der Waals surface area contributed by atoms with Gasteiger partial charge >= 0.3 is 0 Å². The fourth-order valence-electron chi connectivity index (χ4n) is 1.72. The lowest BCUT2D eigenvalue weighted by Gasteiger charge is -2.32. The van der Waals surface area contributed by atoms with Crippen LogP contribution in [0.5, 0.6) is 0 Å². The first-order chi connectivity index (χ1) is 8.00. The number of nitrogens with one attached hydrogen (secondary N) is 1. The highest BCUT2D eigenvalue weighted by Crippen LogP contribution is 2.24. The van der Waals surface area contributed by atoms with Gasteiger partial charge in [-0.15, -0.1) is 0 Å². The Kier molecular flexibility index (Phi) is 3.07. The van der Waals surface area contributed by atoms with Gasteiger partial charge in [0, 0.05) is 5.69 Å². The first-order valence-electron chi connectivity index (χ1n) is 5.75. The maximum atomic E-state index is 12.2. The van der Waals surface area contributed by atoms with E-state index in [1.807, 2.05) is 38.1 Å². The number of amides is 1. The molecular weight excluding hydrogens is 216 g/mol. The second-order valence-electron chi connectivity index (χ2n) is 4.95. The van der Waals surface area contributed by atoms with Gasteiger partial charge in [-0.3, -0.25) is 4.79 Å². The van der Waals surface area contributed by atoms with Gasteiger partial charge in [-0.05, 0) is 31.5 Å². The number of anilines is 1. The Morgan fingerprint density at radius 2 is 1.94 bits per heavy atom. The van der Waals surface area contributed by atoms with Crippen molar-refractivity contribution < 1.29 is 9.53 Å². The monoisotopic (exact) mass is 234 g/mol. The van der Waals surface area contributed by atoms with Gasteiger partial charge in [0.25, 0.3) is 0 Å². The predicted octanol–water partition coefficient (Wildman–Crippen LogP) is 1.06. The Bertz CT molecular complexity index is 408. The molecule has 92 valence electrons. The molecule has 2 rings (SSSR count). The number of hydrogen-bond acceptors (Lipinski definition) is 3. The van der Waals surface area contributed by atoms with Gasteiger partial charge in [0.15, 0.2) is 0 Å². The van der Waals surface area contributed by atoms with Crippen molar-refractivity contribution in [2.24, 2.45) is 0 Å². The molecule has 1 heterocycles. The number of nitrogens with two attached hydrogens (primary N) is 1. The molecule has 0 spiro atoms. The molecule has 1 saturated heterocycles. The molecule has 1 aliphatic rings. The summed E-state index contributed by atoms with van der Waals surface area (Å²) in [6.45, 7) is 5.05. The average Bonchev–Trinajstić information content (AvgIpc) is 2.23. The van der Waals surface area contributed by atoms with Crippen LogP contribution in [0.25, 0.3) is 0 Å². The number of rotatable bonds is 3. The van der Waals surface area contributed by atoms with Gasteiger partial charge in [0.1, 0.15) is 0 Å². The van der Waals surface area contributed by atoms with Gasteiger partial charge in [0.2, 0.25) is 5.91 Å². The zero-order valence-corrected chi connectivity index (χ0v) is 10.2. The molecule has 1 aromatic rings. The molecule has 0 radical (unpaired) electrons. The fraction of sp³-hybridized carbons (Fsp3) is 0.462. The van der Waals surface area contributed by atoms with Crippen LogP contribution >= 0.6 is 0 Å². The average molecular weight is 234 g/mol. The Labute approximate surface area is 101 Å². The zero-order valence-electron chi connectivity index (χ0n) is 10.2. The quantitative estimate of drug-likeness (QED) is 0.769. The number of nitrogen functional groups attached to an aromatic ring is 1. The molecule has 4 heteroatoms. The third-order valence-electron chi connectivity index (χ3n) is 3.17. The lowest BCUT2D eigenvalue weighted by Crippen LogP contribution is -2.53. The van der Waals surface area contributed by atoms with E-state index in [-0.39, 0.29) is 11.9 Å². The molecule has 17 heavy (non-hydrogen) atoms. The molecule has 0 atom stereocenters. The molecule has 0 bridgehead atoms. The summed E-state index contributed by atoms with van der Waals surface area (Å²) in [6.07, 6.45) is 0. The van der Waals surface area contributed by atoms with Crippen LogP contribution in [0.2, 0.25) is 0 Å². The maximum absolute atomic E-state index is 12.2. The number of hydrogen-bond donors (Lipinski definition) is 2. The van der Waals surface area contributed by atoms with Crippen molar-refractivity contribution in [3.8, 4) is 0 Å². The molecule has 1 fully saturated rings. The van der Waals surface area contributed by atoms with E-state index in [1.54, 1.807) is 0 Å². The molecule has 0 unspecified atom stereocenters. The van der Waals surface area contributed by atoms with Crippen molar-refractivity contribution >= 4 is 11.6 Å². The Morgan fingerprint density at radius 1 is 1.35 bits per heavy atom. The second-order valence-corrected chi connectivity index (χ2v) is 4.95. The number of benzene rings is 1. The van der Waals surface area contributed by atoms with Crippen LogP contribution in [0.15, 0.2) is 24.3 Å². The van der Waals surface area contributed by atoms with Crippen LogP contribution in [0.1, 0.15) is 19.4 Å². The highest BCUT2D eigenvalue weighted by Gasteiger charge is 2.32. The highest BCUT2D eigenvalue weighted by molar-refractivity contribution is 5.87. The molecule has 1 amide bonds. The SMILES string of the molecule is CC(C)(C(=O)NC1COC1)c1ccc(N)cc1. The van der Waals surface area contributed by atoms with E-state index in [0.29, 0.717) is 18.9 Å². The van der Waals surface area contributed by atoms with Crippen LogP contribution in [-0.4, -0.2) is 25.2 Å². The van der Waals surface area contributed by atoms with Crippen LogP contribution in [0.4, 0.5) is 5.69 Å². The standard InChI is InChI=1S/C13H18N2O2/c1-13(2,9-3-5-10(14)6-4-9)12(16)15-11-7-17-8-11/h3-6,11H,7-8,14H2,1-2H3,(H,15,16). The van der Waals surface area contributed by atoms with Crippen molar-refractivity contribution in [1.82, 2.24) is 5.32 Å². The second kappa shape index (κ2) is 4.37. The van der Waals surface area contributed by atoms with Crippen molar-refractivity contribution in [3.63, 3.8) is 0 Å². The van der Waals surface area contributed by atoms with Gasteiger partial charge < -0.3 is 15.8 Å². The van der Waals surface area contributed by atoms with E-state index in [0.717, 1.165) is 5.56 Å². The lowest BCUT2D eigenvalue weighted by molar-refractivity contribution is -0.129. The summed E-state index contributed by atoms with van der Waals surface area (Å²) in [5, 5.41) is 2.97. The summed E-state index contributed by atoms with van der Waals surface area (Å²) in [6, 6.07) is 7.59.